The predicted molar refractivity (Wildman–Crippen MR) is 76.5 cm³/mol. The zero-order valence-electron chi connectivity index (χ0n) is 11.4. The van der Waals surface area contributed by atoms with Crippen LogP contribution in [0.3, 0.4) is 0 Å². The summed E-state index contributed by atoms with van der Waals surface area (Å²) in [6, 6.07) is 3.75. The number of nitrogens with zero attached hydrogens (tertiary/aromatic N) is 1. The SMILES string of the molecule is CN(CC1CC1)S(=O)(=O)c1cc(S(C)(=O)=O)ccc1N. The van der Waals surface area contributed by atoms with Crippen molar-refractivity contribution in [2.45, 2.75) is 22.6 Å². The van der Waals surface area contributed by atoms with Crippen LogP contribution >= 0.6 is 0 Å². The number of benzene rings is 1. The number of sulfonamides is 1. The molecule has 0 aromatic heterocycles. The highest BCUT2D eigenvalue weighted by Crippen LogP contribution is 2.32. The van der Waals surface area contributed by atoms with Crippen LogP contribution in [0.5, 0.6) is 0 Å². The maximum Gasteiger partial charge on any atom is 0.244 e. The lowest BCUT2D eigenvalue weighted by molar-refractivity contribution is 0.453. The number of rotatable bonds is 5. The normalized spacial score (nSPS) is 16.6. The van der Waals surface area contributed by atoms with E-state index >= 15 is 0 Å². The van der Waals surface area contributed by atoms with E-state index in [0.717, 1.165) is 25.2 Å². The summed E-state index contributed by atoms with van der Waals surface area (Å²) in [4.78, 5) is -0.200. The van der Waals surface area contributed by atoms with E-state index in [4.69, 9.17) is 5.73 Å². The zero-order chi connectivity index (χ0) is 15.1. The summed E-state index contributed by atoms with van der Waals surface area (Å²) in [7, 11) is -5.75. The van der Waals surface area contributed by atoms with Gasteiger partial charge in [0.1, 0.15) is 4.90 Å². The van der Waals surface area contributed by atoms with Gasteiger partial charge >= 0.3 is 0 Å². The molecule has 0 aliphatic heterocycles. The fourth-order valence-corrected chi connectivity index (χ4v) is 4.01. The molecular weight excluding hydrogens is 300 g/mol. The van der Waals surface area contributed by atoms with E-state index in [0.29, 0.717) is 12.5 Å². The molecule has 1 aromatic carbocycles. The van der Waals surface area contributed by atoms with Gasteiger partial charge in [-0.3, -0.25) is 0 Å². The van der Waals surface area contributed by atoms with Gasteiger partial charge in [-0.05, 0) is 37.0 Å². The summed E-state index contributed by atoms with van der Waals surface area (Å²) in [6.07, 6.45) is 3.08. The van der Waals surface area contributed by atoms with E-state index in [1.807, 2.05) is 0 Å². The first kappa shape index (κ1) is 15.3. The molecule has 1 saturated carbocycles. The third kappa shape index (κ3) is 3.13. The van der Waals surface area contributed by atoms with Crippen molar-refractivity contribution in [3.63, 3.8) is 0 Å². The summed E-state index contributed by atoms with van der Waals surface area (Å²) in [6.45, 7) is 0.435. The van der Waals surface area contributed by atoms with Crippen LogP contribution in [0.15, 0.2) is 28.0 Å². The number of hydrogen-bond donors (Lipinski definition) is 1. The topological polar surface area (TPSA) is 97.5 Å². The second kappa shape index (κ2) is 5.01. The Morgan fingerprint density at radius 1 is 1.25 bits per heavy atom. The molecule has 2 N–H and O–H groups in total. The second-order valence-electron chi connectivity index (χ2n) is 5.20. The first-order chi connectivity index (χ1) is 9.12. The highest BCUT2D eigenvalue weighted by molar-refractivity contribution is 7.91. The number of anilines is 1. The summed E-state index contributed by atoms with van der Waals surface area (Å²) >= 11 is 0. The highest BCUT2D eigenvalue weighted by Gasteiger charge is 2.30. The summed E-state index contributed by atoms with van der Waals surface area (Å²) in [5, 5.41) is 0. The Labute approximate surface area is 119 Å². The summed E-state index contributed by atoms with van der Waals surface area (Å²) < 4.78 is 49.2. The number of hydrogen-bond acceptors (Lipinski definition) is 5. The zero-order valence-corrected chi connectivity index (χ0v) is 13.0. The lowest BCUT2D eigenvalue weighted by Crippen LogP contribution is -2.29. The first-order valence-electron chi connectivity index (χ1n) is 6.18. The molecule has 0 bridgehead atoms. The molecule has 0 amide bonds. The Morgan fingerprint density at radius 2 is 1.85 bits per heavy atom. The van der Waals surface area contributed by atoms with Gasteiger partial charge in [0.05, 0.1) is 10.6 Å². The lowest BCUT2D eigenvalue weighted by atomic mass is 10.3. The standard InChI is InChI=1S/C12H18N2O4S2/c1-14(8-9-3-4-9)20(17,18)12-7-10(19(2,15)16)5-6-11(12)13/h5-7,9H,3-4,8,13H2,1-2H3. The maximum absolute atomic E-state index is 12.4. The molecule has 1 aliphatic rings. The van der Waals surface area contributed by atoms with Crippen LogP contribution < -0.4 is 5.73 Å². The maximum atomic E-state index is 12.4. The van der Waals surface area contributed by atoms with E-state index < -0.39 is 19.9 Å². The fraction of sp³-hybridized carbons (Fsp3) is 0.500. The fourth-order valence-electron chi connectivity index (χ4n) is 1.90. The van der Waals surface area contributed by atoms with Gasteiger partial charge in [-0.25, -0.2) is 21.1 Å². The molecule has 0 spiro atoms. The largest absolute Gasteiger partial charge is 0.398 e. The van der Waals surface area contributed by atoms with Crippen molar-refractivity contribution in [1.29, 1.82) is 0 Å². The minimum Gasteiger partial charge on any atom is -0.398 e. The van der Waals surface area contributed by atoms with Gasteiger partial charge in [0.25, 0.3) is 0 Å². The minimum atomic E-state index is -3.76. The molecule has 0 atom stereocenters. The van der Waals surface area contributed by atoms with Gasteiger partial charge in [-0.2, -0.15) is 0 Å². The van der Waals surface area contributed by atoms with E-state index in [-0.39, 0.29) is 15.5 Å². The molecule has 0 unspecified atom stereocenters. The average Bonchev–Trinajstić information content (AvgIpc) is 3.11. The van der Waals surface area contributed by atoms with Crippen LogP contribution in [0.2, 0.25) is 0 Å². The van der Waals surface area contributed by atoms with Crippen LogP contribution in [0, 0.1) is 5.92 Å². The molecule has 8 heteroatoms. The van der Waals surface area contributed by atoms with Crippen molar-refractivity contribution in [1.82, 2.24) is 4.31 Å². The van der Waals surface area contributed by atoms with Crippen LogP contribution in [-0.2, 0) is 19.9 Å². The molecule has 1 aromatic rings. The molecule has 112 valence electrons. The van der Waals surface area contributed by atoms with Crippen LogP contribution in [-0.4, -0.2) is 41.0 Å². The van der Waals surface area contributed by atoms with Gasteiger partial charge < -0.3 is 5.73 Å². The molecule has 1 aliphatic carbocycles. The Balaban J connectivity index is 2.44. The van der Waals surface area contributed by atoms with Gasteiger partial charge in [0, 0.05) is 19.8 Å². The molecular formula is C12H18N2O4S2. The minimum absolute atomic E-state index is 0.0508. The monoisotopic (exact) mass is 318 g/mol. The summed E-state index contributed by atoms with van der Waals surface area (Å²) in [5.41, 5.74) is 5.76. The van der Waals surface area contributed by atoms with Gasteiger partial charge in [0.15, 0.2) is 9.84 Å². The molecule has 0 heterocycles. The number of sulfone groups is 1. The number of nitrogens with two attached hydrogens (primary N) is 1. The first-order valence-corrected chi connectivity index (χ1v) is 9.51. The van der Waals surface area contributed by atoms with Crippen LogP contribution in [0.25, 0.3) is 0 Å². The van der Waals surface area contributed by atoms with Crippen molar-refractivity contribution in [2.24, 2.45) is 5.92 Å². The Kier molecular flexibility index (Phi) is 3.83. The van der Waals surface area contributed by atoms with Crippen molar-refractivity contribution < 1.29 is 16.8 Å². The smallest absolute Gasteiger partial charge is 0.244 e. The van der Waals surface area contributed by atoms with Crippen molar-refractivity contribution >= 4 is 25.5 Å². The van der Waals surface area contributed by atoms with E-state index in [1.54, 1.807) is 0 Å². The van der Waals surface area contributed by atoms with E-state index in [2.05, 4.69) is 0 Å². The Bertz CT molecular complexity index is 722. The Morgan fingerprint density at radius 3 is 2.35 bits per heavy atom. The van der Waals surface area contributed by atoms with E-state index in [1.165, 1.54) is 23.5 Å². The Hall–Kier alpha value is -1.12. The highest BCUT2D eigenvalue weighted by atomic mass is 32.2. The molecule has 20 heavy (non-hydrogen) atoms. The average molecular weight is 318 g/mol. The molecule has 0 radical (unpaired) electrons. The van der Waals surface area contributed by atoms with E-state index in [9.17, 15) is 16.8 Å². The second-order valence-corrected chi connectivity index (χ2v) is 9.23. The third-order valence-corrected chi connectivity index (χ3v) is 6.30. The van der Waals surface area contributed by atoms with Gasteiger partial charge in [0.2, 0.25) is 10.0 Å². The van der Waals surface area contributed by atoms with Crippen LogP contribution in [0.1, 0.15) is 12.8 Å². The lowest BCUT2D eigenvalue weighted by Gasteiger charge is -2.18. The van der Waals surface area contributed by atoms with Crippen LogP contribution in [0.4, 0.5) is 5.69 Å². The third-order valence-electron chi connectivity index (χ3n) is 3.31. The number of nitrogen functional groups attached to an aromatic ring is 1. The molecule has 1 fully saturated rings. The summed E-state index contributed by atoms with van der Waals surface area (Å²) in [5.74, 6) is 0.397. The van der Waals surface area contributed by atoms with Gasteiger partial charge in [-0.1, -0.05) is 0 Å². The quantitative estimate of drug-likeness (QED) is 0.806. The molecule has 2 rings (SSSR count). The molecule has 0 saturated heterocycles. The van der Waals surface area contributed by atoms with Crippen molar-refractivity contribution in [3.05, 3.63) is 18.2 Å². The van der Waals surface area contributed by atoms with Crippen molar-refractivity contribution in [3.8, 4) is 0 Å². The van der Waals surface area contributed by atoms with Crippen molar-refractivity contribution in [2.75, 3.05) is 25.6 Å². The molecule has 6 nitrogen and oxygen atoms in total. The predicted octanol–water partition coefficient (Wildman–Crippen LogP) is 0.703. The van der Waals surface area contributed by atoms with Gasteiger partial charge in [-0.15, -0.1) is 0 Å².